The fraction of sp³-hybridized carbons (Fsp3) is 0.308. The molecule has 0 radical (unpaired) electrons. The van der Waals surface area contributed by atoms with Crippen molar-refractivity contribution in [3.8, 4) is 17.0 Å². The zero-order valence-corrected chi connectivity index (χ0v) is 20.5. The summed E-state index contributed by atoms with van der Waals surface area (Å²) in [7, 11) is 1.43. The van der Waals surface area contributed by atoms with Gasteiger partial charge >= 0.3 is 0 Å². The highest BCUT2D eigenvalue weighted by Gasteiger charge is 2.48. The van der Waals surface area contributed by atoms with E-state index < -0.39 is 23.8 Å². The van der Waals surface area contributed by atoms with Gasteiger partial charge in [0.05, 0.1) is 31.3 Å². The number of benzene rings is 2. The second kappa shape index (κ2) is 9.77. The van der Waals surface area contributed by atoms with Crippen LogP contribution in [0.25, 0.3) is 11.3 Å². The summed E-state index contributed by atoms with van der Waals surface area (Å²) in [6.07, 6.45) is -0.222. The third-order valence-corrected chi connectivity index (χ3v) is 6.90. The molecule has 198 valence electrons. The smallest absolute Gasteiger partial charge is 0.254 e. The molecular weight excluding hydrogens is 498 g/mol. The van der Waals surface area contributed by atoms with E-state index in [0.29, 0.717) is 30.8 Å². The van der Waals surface area contributed by atoms with Crippen molar-refractivity contribution in [3.63, 3.8) is 0 Å². The summed E-state index contributed by atoms with van der Waals surface area (Å²) in [5.74, 6) is -1.59. The van der Waals surface area contributed by atoms with Gasteiger partial charge in [-0.15, -0.1) is 0 Å². The second-order valence-corrected chi connectivity index (χ2v) is 9.42. The largest absolute Gasteiger partial charge is 0.495 e. The number of hydrogen-bond donors (Lipinski definition) is 2. The minimum absolute atomic E-state index is 0.0626. The molecule has 2 atom stereocenters. The molecule has 1 saturated carbocycles. The van der Waals surface area contributed by atoms with E-state index in [0.717, 1.165) is 5.56 Å². The van der Waals surface area contributed by atoms with E-state index in [1.165, 1.54) is 34.9 Å². The summed E-state index contributed by atoms with van der Waals surface area (Å²) in [4.78, 5) is 39.1. The number of halogens is 2. The first kappa shape index (κ1) is 25.2. The van der Waals surface area contributed by atoms with Crippen LogP contribution in [0.15, 0.2) is 42.5 Å². The second-order valence-electron chi connectivity index (χ2n) is 9.42. The lowest BCUT2D eigenvalue weighted by Crippen LogP contribution is -2.52. The predicted molar refractivity (Wildman–Crippen MR) is 134 cm³/mol. The monoisotopic (exact) mass is 524 g/mol. The number of hydrogen-bond acceptors (Lipinski definition) is 6. The van der Waals surface area contributed by atoms with Crippen molar-refractivity contribution in [1.29, 1.82) is 0 Å². The molecular formula is C26H26F2N6O4. The van der Waals surface area contributed by atoms with Gasteiger partial charge < -0.3 is 26.0 Å². The van der Waals surface area contributed by atoms with Crippen LogP contribution in [0.5, 0.6) is 5.75 Å². The van der Waals surface area contributed by atoms with Crippen LogP contribution in [0.4, 0.5) is 20.3 Å². The number of amides is 3. The number of ether oxygens (including phenoxy) is 1. The zero-order valence-electron chi connectivity index (χ0n) is 20.5. The van der Waals surface area contributed by atoms with Crippen LogP contribution in [0, 0.1) is 11.7 Å². The summed E-state index contributed by atoms with van der Waals surface area (Å²) < 4.78 is 33.8. The Morgan fingerprint density at radius 2 is 1.89 bits per heavy atom. The number of likely N-dealkylation sites (tertiary alicyclic amines) is 1. The first-order valence-electron chi connectivity index (χ1n) is 12.0. The van der Waals surface area contributed by atoms with Crippen LogP contribution in [-0.4, -0.2) is 59.3 Å². The standard InChI is InChI=1S/C26H26F2N6O4/c1-38-21-7-6-16(27)8-20(21)33(13-35)10-14-2-4-15(5-3-14)23-22(25(30)36)24(29)34(31-23)17-11-32(12-17)26(37)18-9-19(18)28/h2-8,13,17-19H,9-12,29H2,1H3,(H2,30,36)/t18-,19-/m1/s1. The Morgan fingerprint density at radius 1 is 1.21 bits per heavy atom. The summed E-state index contributed by atoms with van der Waals surface area (Å²) in [5, 5.41) is 4.53. The van der Waals surface area contributed by atoms with Crippen molar-refractivity contribution < 1.29 is 27.9 Å². The Labute approximate surface area is 216 Å². The first-order valence-corrected chi connectivity index (χ1v) is 12.0. The van der Waals surface area contributed by atoms with E-state index in [9.17, 15) is 23.2 Å². The number of nitrogens with two attached hydrogens (primary N) is 2. The van der Waals surface area contributed by atoms with E-state index in [4.69, 9.17) is 16.2 Å². The molecule has 2 fully saturated rings. The predicted octanol–water partition coefficient (Wildman–Crippen LogP) is 2.28. The maximum absolute atomic E-state index is 13.8. The molecule has 1 aliphatic heterocycles. The van der Waals surface area contributed by atoms with Crippen LogP contribution >= 0.6 is 0 Å². The lowest BCUT2D eigenvalue weighted by atomic mass is 10.0. The van der Waals surface area contributed by atoms with E-state index in [1.807, 2.05) is 0 Å². The van der Waals surface area contributed by atoms with Gasteiger partial charge in [-0.25, -0.2) is 13.5 Å². The molecule has 0 bridgehead atoms. The minimum atomic E-state index is -1.07. The number of primary amides is 1. The molecule has 3 aromatic rings. The highest BCUT2D eigenvalue weighted by molar-refractivity contribution is 6.03. The SMILES string of the molecule is COc1ccc(F)cc1N(C=O)Cc1ccc(-c2nn(C3CN(C(=O)[C@@H]4C[C@H]4F)C3)c(N)c2C(N)=O)cc1. The van der Waals surface area contributed by atoms with E-state index in [-0.39, 0.29) is 47.7 Å². The normalized spacial score (nSPS) is 18.6. The van der Waals surface area contributed by atoms with Gasteiger partial charge in [-0.05, 0) is 24.1 Å². The van der Waals surface area contributed by atoms with Gasteiger partial charge in [-0.1, -0.05) is 24.3 Å². The van der Waals surface area contributed by atoms with Gasteiger partial charge in [0.15, 0.2) is 0 Å². The van der Waals surface area contributed by atoms with Crippen molar-refractivity contribution in [3.05, 3.63) is 59.4 Å². The Kier molecular flexibility index (Phi) is 6.47. The van der Waals surface area contributed by atoms with Gasteiger partial charge in [0.1, 0.15) is 34.8 Å². The molecule has 1 aliphatic carbocycles. The maximum atomic E-state index is 13.8. The number of anilines is 2. The Bertz CT molecular complexity index is 1400. The number of nitrogens with zero attached hydrogens (tertiary/aromatic N) is 4. The van der Waals surface area contributed by atoms with Crippen LogP contribution in [0.1, 0.15) is 28.4 Å². The maximum Gasteiger partial charge on any atom is 0.254 e. The average Bonchev–Trinajstić information content (AvgIpc) is 3.51. The van der Waals surface area contributed by atoms with Crippen molar-refractivity contribution in [2.75, 3.05) is 30.8 Å². The number of rotatable bonds is 9. The summed E-state index contributed by atoms with van der Waals surface area (Å²) in [6, 6.07) is 10.5. The fourth-order valence-corrected chi connectivity index (χ4v) is 4.65. The summed E-state index contributed by atoms with van der Waals surface area (Å²) >= 11 is 0. The molecule has 2 heterocycles. The zero-order chi connectivity index (χ0) is 27.1. The lowest BCUT2D eigenvalue weighted by Gasteiger charge is -2.39. The highest BCUT2D eigenvalue weighted by Crippen LogP contribution is 2.39. The molecule has 38 heavy (non-hydrogen) atoms. The molecule has 12 heteroatoms. The molecule has 2 aliphatic rings. The molecule has 0 unspecified atom stereocenters. The molecule has 4 N–H and O–H groups in total. The molecule has 5 rings (SSSR count). The van der Waals surface area contributed by atoms with Gasteiger partial charge in [-0.3, -0.25) is 14.4 Å². The Morgan fingerprint density at radius 3 is 2.47 bits per heavy atom. The Hall–Kier alpha value is -4.48. The van der Waals surface area contributed by atoms with Crippen molar-refractivity contribution in [2.45, 2.75) is 25.2 Å². The molecule has 2 aromatic carbocycles. The van der Waals surface area contributed by atoms with Crippen molar-refractivity contribution in [2.24, 2.45) is 11.7 Å². The van der Waals surface area contributed by atoms with Gasteiger partial charge in [-0.2, -0.15) is 5.10 Å². The van der Waals surface area contributed by atoms with Gasteiger partial charge in [0, 0.05) is 24.7 Å². The van der Waals surface area contributed by atoms with Crippen LogP contribution in [0.3, 0.4) is 0 Å². The number of aromatic nitrogens is 2. The van der Waals surface area contributed by atoms with E-state index in [1.54, 1.807) is 29.2 Å². The number of nitrogen functional groups attached to an aromatic ring is 1. The minimum Gasteiger partial charge on any atom is -0.495 e. The van der Waals surface area contributed by atoms with E-state index in [2.05, 4.69) is 5.10 Å². The third-order valence-electron chi connectivity index (χ3n) is 6.90. The molecule has 3 amide bonds. The first-order chi connectivity index (χ1) is 18.2. The van der Waals surface area contributed by atoms with E-state index >= 15 is 0 Å². The number of carbonyl (C=O) groups excluding carboxylic acids is 3. The van der Waals surface area contributed by atoms with Crippen LogP contribution in [0.2, 0.25) is 0 Å². The summed E-state index contributed by atoms with van der Waals surface area (Å²) in [6.45, 7) is 0.765. The molecule has 10 nitrogen and oxygen atoms in total. The van der Waals surface area contributed by atoms with Crippen molar-refractivity contribution >= 4 is 29.7 Å². The topological polar surface area (TPSA) is 137 Å². The number of methoxy groups -OCH3 is 1. The van der Waals surface area contributed by atoms with Crippen LogP contribution < -0.4 is 21.1 Å². The molecule has 1 aromatic heterocycles. The fourth-order valence-electron chi connectivity index (χ4n) is 4.65. The third kappa shape index (κ3) is 4.53. The quantitative estimate of drug-likeness (QED) is 0.412. The molecule has 0 spiro atoms. The van der Waals surface area contributed by atoms with Gasteiger partial charge in [0.25, 0.3) is 5.91 Å². The van der Waals surface area contributed by atoms with Crippen LogP contribution in [-0.2, 0) is 16.1 Å². The number of carbonyl (C=O) groups is 3. The average molecular weight is 525 g/mol. The Balaban J connectivity index is 1.35. The summed E-state index contributed by atoms with van der Waals surface area (Å²) in [5.41, 5.74) is 13.8. The van der Waals surface area contributed by atoms with Gasteiger partial charge in [0.2, 0.25) is 12.3 Å². The number of alkyl halides is 1. The van der Waals surface area contributed by atoms with Crippen molar-refractivity contribution in [1.82, 2.24) is 14.7 Å². The molecule has 1 saturated heterocycles. The lowest BCUT2D eigenvalue weighted by molar-refractivity contribution is -0.139. The highest BCUT2D eigenvalue weighted by atomic mass is 19.1.